The maximum absolute atomic E-state index is 6.08. The standard InChI is InChI=1S/C14H20Cl2N2/c1-2-13-4-3-5-18(13)14(9-17)10-6-11(15)8-12(16)7-10/h6-8,13-14H,2-5,9,17H2,1H3. The summed E-state index contributed by atoms with van der Waals surface area (Å²) >= 11 is 12.2. The fraction of sp³-hybridized carbons (Fsp3) is 0.571. The quantitative estimate of drug-likeness (QED) is 0.911. The molecule has 2 unspecified atom stereocenters. The molecule has 1 heterocycles. The van der Waals surface area contributed by atoms with Gasteiger partial charge in [-0.25, -0.2) is 0 Å². The van der Waals surface area contributed by atoms with Gasteiger partial charge >= 0.3 is 0 Å². The van der Waals surface area contributed by atoms with Crippen LogP contribution in [0.25, 0.3) is 0 Å². The van der Waals surface area contributed by atoms with E-state index < -0.39 is 0 Å². The van der Waals surface area contributed by atoms with Gasteiger partial charge in [-0.15, -0.1) is 0 Å². The monoisotopic (exact) mass is 286 g/mol. The van der Waals surface area contributed by atoms with Crippen LogP contribution >= 0.6 is 23.2 Å². The smallest absolute Gasteiger partial charge is 0.0474 e. The summed E-state index contributed by atoms with van der Waals surface area (Å²) in [6.45, 7) is 3.96. The lowest BCUT2D eigenvalue weighted by Crippen LogP contribution is -2.37. The van der Waals surface area contributed by atoms with Crippen molar-refractivity contribution in [3.63, 3.8) is 0 Å². The molecule has 2 nitrogen and oxygen atoms in total. The van der Waals surface area contributed by atoms with Crippen LogP contribution in [-0.2, 0) is 0 Å². The zero-order valence-corrected chi connectivity index (χ0v) is 12.2. The molecule has 0 saturated carbocycles. The van der Waals surface area contributed by atoms with E-state index in [1.165, 1.54) is 19.3 Å². The maximum Gasteiger partial charge on any atom is 0.0474 e. The van der Waals surface area contributed by atoms with Crippen LogP contribution in [0, 0.1) is 0 Å². The first-order valence-corrected chi connectivity index (χ1v) is 7.33. The van der Waals surface area contributed by atoms with Crippen molar-refractivity contribution in [1.29, 1.82) is 0 Å². The van der Waals surface area contributed by atoms with E-state index >= 15 is 0 Å². The molecule has 1 aliphatic rings. The summed E-state index contributed by atoms with van der Waals surface area (Å²) in [6, 6.07) is 6.60. The van der Waals surface area contributed by atoms with E-state index in [-0.39, 0.29) is 6.04 Å². The normalized spacial score (nSPS) is 22.3. The van der Waals surface area contributed by atoms with Gasteiger partial charge in [-0.3, -0.25) is 4.90 Å². The first-order chi connectivity index (χ1) is 8.65. The molecule has 0 amide bonds. The van der Waals surface area contributed by atoms with E-state index in [4.69, 9.17) is 28.9 Å². The fourth-order valence-electron chi connectivity index (χ4n) is 2.94. The van der Waals surface area contributed by atoms with Crippen molar-refractivity contribution >= 4 is 23.2 Å². The summed E-state index contributed by atoms with van der Waals surface area (Å²) in [7, 11) is 0. The zero-order chi connectivity index (χ0) is 13.1. The zero-order valence-electron chi connectivity index (χ0n) is 10.7. The Morgan fingerprint density at radius 2 is 2.00 bits per heavy atom. The number of hydrogen-bond acceptors (Lipinski definition) is 2. The topological polar surface area (TPSA) is 29.3 Å². The van der Waals surface area contributed by atoms with Crippen LogP contribution in [0.4, 0.5) is 0 Å². The van der Waals surface area contributed by atoms with Crippen molar-refractivity contribution in [2.24, 2.45) is 5.73 Å². The van der Waals surface area contributed by atoms with Crippen LogP contribution in [0.2, 0.25) is 10.0 Å². The van der Waals surface area contributed by atoms with Gasteiger partial charge in [-0.2, -0.15) is 0 Å². The van der Waals surface area contributed by atoms with Crippen molar-refractivity contribution in [3.8, 4) is 0 Å². The summed E-state index contributed by atoms with van der Waals surface area (Å²) in [5.74, 6) is 0. The van der Waals surface area contributed by atoms with Gasteiger partial charge in [0.15, 0.2) is 0 Å². The number of likely N-dealkylation sites (tertiary alicyclic amines) is 1. The second-order valence-corrected chi connectivity index (χ2v) is 5.77. The number of halogens is 2. The molecule has 1 saturated heterocycles. The van der Waals surface area contributed by atoms with Gasteiger partial charge in [-0.05, 0) is 49.6 Å². The van der Waals surface area contributed by atoms with Crippen molar-refractivity contribution in [1.82, 2.24) is 4.90 Å². The Morgan fingerprint density at radius 3 is 2.56 bits per heavy atom. The summed E-state index contributed by atoms with van der Waals surface area (Å²) < 4.78 is 0. The lowest BCUT2D eigenvalue weighted by atomic mass is 10.0. The van der Waals surface area contributed by atoms with Crippen LogP contribution in [-0.4, -0.2) is 24.0 Å². The second kappa shape index (κ2) is 6.25. The molecule has 1 aromatic rings. The molecule has 2 atom stereocenters. The highest BCUT2D eigenvalue weighted by atomic mass is 35.5. The molecule has 0 bridgehead atoms. The fourth-order valence-corrected chi connectivity index (χ4v) is 3.48. The molecule has 0 spiro atoms. The number of benzene rings is 1. The Bertz CT molecular complexity index is 389. The van der Waals surface area contributed by atoms with Crippen LogP contribution in [0.1, 0.15) is 37.8 Å². The molecular weight excluding hydrogens is 267 g/mol. The minimum Gasteiger partial charge on any atom is -0.329 e. The SMILES string of the molecule is CCC1CCCN1C(CN)c1cc(Cl)cc(Cl)c1. The van der Waals surface area contributed by atoms with Crippen molar-refractivity contribution in [2.75, 3.05) is 13.1 Å². The minimum absolute atomic E-state index is 0.230. The van der Waals surface area contributed by atoms with Crippen LogP contribution in [0.3, 0.4) is 0 Å². The third kappa shape index (κ3) is 3.00. The molecule has 2 rings (SSSR count). The van der Waals surface area contributed by atoms with Crippen LogP contribution in [0.15, 0.2) is 18.2 Å². The molecule has 1 fully saturated rings. The third-order valence-electron chi connectivity index (χ3n) is 3.79. The van der Waals surface area contributed by atoms with Gasteiger partial charge < -0.3 is 5.73 Å². The Labute approximate surface area is 119 Å². The summed E-state index contributed by atoms with van der Waals surface area (Å²) in [4.78, 5) is 2.50. The van der Waals surface area contributed by atoms with Gasteiger partial charge in [-0.1, -0.05) is 30.1 Å². The highest BCUT2D eigenvalue weighted by molar-refractivity contribution is 6.34. The van der Waals surface area contributed by atoms with E-state index in [2.05, 4.69) is 11.8 Å². The van der Waals surface area contributed by atoms with Crippen LogP contribution in [0.5, 0.6) is 0 Å². The lowest BCUT2D eigenvalue weighted by molar-refractivity contribution is 0.180. The van der Waals surface area contributed by atoms with Gasteiger partial charge in [0, 0.05) is 28.7 Å². The largest absolute Gasteiger partial charge is 0.329 e. The maximum atomic E-state index is 6.08. The van der Waals surface area contributed by atoms with Gasteiger partial charge in [0.05, 0.1) is 0 Å². The average molecular weight is 287 g/mol. The highest BCUT2D eigenvalue weighted by Gasteiger charge is 2.29. The van der Waals surface area contributed by atoms with E-state index in [0.29, 0.717) is 22.6 Å². The minimum atomic E-state index is 0.230. The average Bonchev–Trinajstić information content (AvgIpc) is 2.77. The van der Waals surface area contributed by atoms with Crippen LogP contribution < -0.4 is 5.73 Å². The highest BCUT2D eigenvalue weighted by Crippen LogP contribution is 2.32. The number of hydrogen-bond donors (Lipinski definition) is 1. The number of rotatable bonds is 4. The number of nitrogens with zero attached hydrogens (tertiary/aromatic N) is 1. The summed E-state index contributed by atoms with van der Waals surface area (Å²) in [5, 5.41) is 1.37. The lowest BCUT2D eigenvalue weighted by Gasteiger charge is -2.32. The van der Waals surface area contributed by atoms with E-state index in [1.807, 2.05) is 12.1 Å². The van der Waals surface area contributed by atoms with Crippen molar-refractivity contribution in [3.05, 3.63) is 33.8 Å². The predicted molar refractivity (Wildman–Crippen MR) is 78.3 cm³/mol. The molecule has 1 aliphatic heterocycles. The Hall–Kier alpha value is -0.280. The van der Waals surface area contributed by atoms with Gasteiger partial charge in [0.2, 0.25) is 0 Å². The molecule has 0 radical (unpaired) electrons. The summed E-state index contributed by atoms with van der Waals surface area (Å²) in [5.41, 5.74) is 7.11. The van der Waals surface area contributed by atoms with Gasteiger partial charge in [0.1, 0.15) is 0 Å². The molecule has 0 aliphatic carbocycles. The first kappa shape index (κ1) is 14.1. The van der Waals surface area contributed by atoms with Gasteiger partial charge in [0.25, 0.3) is 0 Å². The van der Waals surface area contributed by atoms with E-state index in [9.17, 15) is 0 Å². The van der Waals surface area contributed by atoms with E-state index in [1.54, 1.807) is 6.07 Å². The van der Waals surface area contributed by atoms with Crippen molar-refractivity contribution in [2.45, 2.75) is 38.3 Å². The Balaban J connectivity index is 2.27. The van der Waals surface area contributed by atoms with E-state index in [0.717, 1.165) is 12.1 Å². The molecular formula is C14H20Cl2N2. The Kier molecular flexibility index (Phi) is 4.91. The molecule has 4 heteroatoms. The summed E-state index contributed by atoms with van der Waals surface area (Å²) in [6.07, 6.45) is 3.69. The first-order valence-electron chi connectivity index (χ1n) is 6.57. The molecule has 1 aromatic carbocycles. The number of nitrogens with two attached hydrogens (primary N) is 1. The Morgan fingerprint density at radius 1 is 1.33 bits per heavy atom. The molecule has 0 aromatic heterocycles. The predicted octanol–water partition coefficient (Wildman–Crippen LogP) is 3.87. The molecule has 2 N–H and O–H groups in total. The second-order valence-electron chi connectivity index (χ2n) is 4.90. The van der Waals surface area contributed by atoms with Crippen molar-refractivity contribution < 1.29 is 0 Å². The third-order valence-corrected chi connectivity index (χ3v) is 4.22. The molecule has 18 heavy (non-hydrogen) atoms. The molecule has 100 valence electrons.